The fraction of sp³-hybridized carbons (Fsp3) is 0.714. The molecule has 194 valence electrons. The summed E-state index contributed by atoms with van der Waals surface area (Å²) >= 11 is 0. The van der Waals surface area contributed by atoms with Gasteiger partial charge < -0.3 is 19.9 Å². The van der Waals surface area contributed by atoms with Crippen LogP contribution >= 0.6 is 0 Å². The van der Waals surface area contributed by atoms with E-state index in [9.17, 15) is 9.59 Å². The van der Waals surface area contributed by atoms with Gasteiger partial charge in [0.25, 0.3) is 5.91 Å². The lowest BCUT2D eigenvalue weighted by Crippen LogP contribution is -2.58. The van der Waals surface area contributed by atoms with E-state index >= 15 is 0 Å². The number of piperidine rings is 1. The van der Waals surface area contributed by atoms with Crippen LogP contribution in [-0.4, -0.2) is 91.5 Å². The molecule has 3 aliphatic rings. The number of hydrogen-bond donors (Lipinski definition) is 1. The molecular weight excluding hydrogens is 440 g/mol. The van der Waals surface area contributed by atoms with Crippen LogP contribution < -0.4 is 10.1 Å². The number of hydrogen-bond acceptors (Lipinski definition) is 5. The first-order chi connectivity index (χ1) is 17.1. The minimum atomic E-state index is -0.0690. The number of carbonyl (C=O) groups excluding carboxylic acids is 2. The van der Waals surface area contributed by atoms with Crippen molar-refractivity contribution in [3.8, 4) is 5.75 Å². The van der Waals surface area contributed by atoms with Gasteiger partial charge in [-0.25, -0.2) is 0 Å². The molecule has 0 radical (unpaired) electrons. The second-order valence-corrected chi connectivity index (χ2v) is 10.6. The van der Waals surface area contributed by atoms with Crippen molar-refractivity contribution in [2.75, 3.05) is 52.9 Å². The van der Waals surface area contributed by atoms with Gasteiger partial charge in [0.05, 0.1) is 13.2 Å². The summed E-state index contributed by atoms with van der Waals surface area (Å²) in [6, 6.07) is 7.95. The molecule has 1 N–H and O–H groups in total. The van der Waals surface area contributed by atoms with Gasteiger partial charge >= 0.3 is 0 Å². The van der Waals surface area contributed by atoms with Gasteiger partial charge in [0.15, 0.2) is 0 Å². The van der Waals surface area contributed by atoms with E-state index in [0.717, 1.165) is 45.4 Å². The van der Waals surface area contributed by atoms with Crippen LogP contribution in [0, 0.1) is 5.92 Å². The third-order valence-corrected chi connectivity index (χ3v) is 8.29. The summed E-state index contributed by atoms with van der Waals surface area (Å²) in [5, 5.41) is 3.28. The monoisotopic (exact) mass is 484 g/mol. The number of methoxy groups -OCH3 is 1. The first-order valence-electron chi connectivity index (χ1n) is 13.8. The Bertz CT molecular complexity index is 833. The second kappa shape index (κ2) is 12.7. The van der Waals surface area contributed by atoms with Gasteiger partial charge in [-0.05, 0) is 69.7 Å². The summed E-state index contributed by atoms with van der Waals surface area (Å²) in [6.45, 7) is 8.13. The maximum absolute atomic E-state index is 13.4. The van der Waals surface area contributed by atoms with Crippen molar-refractivity contribution < 1.29 is 14.3 Å². The minimum absolute atomic E-state index is 0.0392. The highest BCUT2D eigenvalue weighted by Crippen LogP contribution is 2.31. The molecule has 0 spiro atoms. The maximum atomic E-state index is 13.4. The average Bonchev–Trinajstić information content (AvgIpc) is 3.42. The zero-order valence-electron chi connectivity index (χ0n) is 21.7. The van der Waals surface area contributed by atoms with E-state index in [-0.39, 0.29) is 17.9 Å². The van der Waals surface area contributed by atoms with E-state index in [1.807, 2.05) is 23.1 Å². The summed E-state index contributed by atoms with van der Waals surface area (Å²) in [7, 11) is 1.62. The summed E-state index contributed by atoms with van der Waals surface area (Å²) in [6.07, 6.45) is 9.64. The van der Waals surface area contributed by atoms with Gasteiger partial charge in [0, 0.05) is 50.9 Å². The molecular formula is C28H44N4O3. The lowest BCUT2D eigenvalue weighted by atomic mass is 9.95. The van der Waals surface area contributed by atoms with Gasteiger partial charge in [-0.3, -0.25) is 14.5 Å². The highest BCUT2D eigenvalue weighted by Gasteiger charge is 2.37. The number of nitrogens with one attached hydrogen (secondary N) is 1. The molecule has 0 unspecified atom stereocenters. The number of likely N-dealkylation sites (tertiary alicyclic amines) is 1. The molecule has 7 heteroatoms. The number of carbonyl (C=O) groups is 2. The molecule has 0 aromatic heterocycles. The predicted molar refractivity (Wildman–Crippen MR) is 139 cm³/mol. The minimum Gasteiger partial charge on any atom is -0.497 e. The van der Waals surface area contributed by atoms with Crippen LogP contribution in [0.1, 0.15) is 68.6 Å². The van der Waals surface area contributed by atoms with E-state index < -0.39 is 0 Å². The fourth-order valence-corrected chi connectivity index (χ4v) is 6.18. The Morgan fingerprint density at radius 2 is 1.77 bits per heavy atom. The topological polar surface area (TPSA) is 65.1 Å². The van der Waals surface area contributed by atoms with Crippen molar-refractivity contribution in [3.63, 3.8) is 0 Å². The molecule has 1 aliphatic carbocycles. The number of amides is 2. The third-order valence-electron chi connectivity index (χ3n) is 8.29. The van der Waals surface area contributed by atoms with Crippen molar-refractivity contribution >= 4 is 11.8 Å². The number of piperazine rings is 1. The predicted octanol–water partition coefficient (Wildman–Crippen LogP) is 3.39. The van der Waals surface area contributed by atoms with Gasteiger partial charge in [-0.15, -0.1) is 0 Å². The summed E-state index contributed by atoms with van der Waals surface area (Å²) in [4.78, 5) is 33.2. The van der Waals surface area contributed by atoms with Crippen molar-refractivity contribution in [2.24, 2.45) is 5.92 Å². The lowest BCUT2D eigenvalue weighted by molar-refractivity contribution is -0.129. The molecule has 2 heterocycles. The lowest BCUT2D eigenvalue weighted by Gasteiger charge is -2.41. The second-order valence-electron chi connectivity index (χ2n) is 10.6. The van der Waals surface area contributed by atoms with E-state index in [0.29, 0.717) is 36.4 Å². The Kier molecular flexibility index (Phi) is 9.44. The number of benzene rings is 1. The van der Waals surface area contributed by atoms with Crippen molar-refractivity contribution in [2.45, 2.75) is 70.4 Å². The standard InChI is InChI=1S/C28H44N4O3/c1-22-9-5-6-15-30(22)16-8-14-29-27(33)26(23-10-3-4-11-23)31-17-19-32(20-18-31)28(34)24-12-7-13-25(21-24)35-2/h7,12-13,21-23,26H,3-6,8-11,14-20H2,1-2H3,(H,29,33)/t22-,26+/m0/s1. The molecule has 4 rings (SSSR count). The number of nitrogens with zero attached hydrogens (tertiary/aromatic N) is 3. The van der Waals surface area contributed by atoms with E-state index in [2.05, 4.69) is 22.0 Å². The third kappa shape index (κ3) is 6.76. The van der Waals surface area contributed by atoms with Crippen LogP contribution in [0.4, 0.5) is 0 Å². The summed E-state index contributed by atoms with van der Waals surface area (Å²) in [5.74, 6) is 1.36. The van der Waals surface area contributed by atoms with E-state index in [4.69, 9.17) is 4.74 Å². The number of ether oxygens (including phenoxy) is 1. The van der Waals surface area contributed by atoms with Crippen LogP contribution in [0.3, 0.4) is 0 Å². The Morgan fingerprint density at radius 3 is 2.49 bits per heavy atom. The first kappa shape index (κ1) is 26.0. The highest BCUT2D eigenvalue weighted by atomic mass is 16.5. The highest BCUT2D eigenvalue weighted by molar-refractivity contribution is 5.94. The first-order valence-corrected chi connectivity index (χ1v) is 13.8. The van der Waals surface area contributed by atoms with Crippen LogP contribution in [-0.2, 0) is 4.79 Å². The molecule has 3 fully saturated rings. The molecule has 0 bridgehead atoms. The van der Waals surface area contributed by atoms with Crippen molar-refractivity contribution in [3.05, 3.63) is 29.8 Å². The Labute approximate surface area is 211 Å². The average molecular weight is 485 g/mol. The van der Waals surface area contributed by atoms with E-state index in [1.54, 1.807) is 13.2 Å². The Morgan fingerprint density at radius 1 is 1.03 bits per heavy atom. The normalized spacial score (nSPS) is 23.3. The van der Waals surface area contributed by atoms with Crippen LogP contribution in [0.5, 0.6) is 5.75 Å². The quantitative estimate of drug-likeness (QED) is 0.545. The van der Waals surface area contributed by atoms with Crippen LogP contribution in [0.25, 0.3) is 0 Å². The molecule has 2 saturated heterocycles. The fourth-order valence-electron chi connectivity index (χ4n) is 6.18. The molecule has 7 nitrogen and oxygen atoms in total. The van der Waals surface area contributed by atoms with Gasteiger partial charge in [-0.2, -0.15) is 0 Å². The van der Waals surface area contributed by atoms with Crippen LogP contribution in [0.15, 0.2) is 24.3 Å². The van der Waals surface area contributed by atoms with Gasteiger partial charge in [0.1, 0.15) is 5.75 Å². The van der Waals surface area contributed by atoms with Crippen molar-refractivity contribution in [1.29, 1.82) is 0 Å². The molecule has 2 amide bonds. The number of rotatable bonds is 9. The molecule has 1 aromatic carbocycles. The van der Waals surface area contributed by atoms with Crippen LogP contribution in [0.2, 0.25) is 0 Å². The zero-order valence-corrected chi connectivity index (χ0v) is 21.7. The Balaban J connectivity index is 1.29. The maximum Gasteiger partial charge on any atom is 0.254 e. The largest absolute Gasteiger partial charge is 0.497 e. The molecule has 2 atom stereocenters. The molecule has 35 heavy (non-hydrogen) atoms. The molecule has 1 saturated carbocycles. The SMILES string of the molecule is COc1cccc(C(=O)N2CCN([C@@H](C(=O)NCCCN3CCCC[C@@H]3C)C3CCCC3)CC2)c1. The summed E-state index contributed by atoms with van der Waals surface area (Å²) < 4.78 is 5.28. The van der Waals surface area contributed by atoms with Gasteiger partial charge in [0.2, 0.25) is 5.91 Å². The summed E-state index contributed by atoms with van der Waals surface area (Å²) in [5.41, 5.74) is 0.658. The van der Waals surface area contributed by atoms with Gasteiger partial charge in [-0.1, -0.05) is 25.3 Å². The molecule has 1 aromatic rings. The van der Waals surface area contributed by atoms with E-state index in [1.165, 1.54) is 38.6 Å². The zero-order chi connectivity index (χ0) is 24.6. The Hall–Kier alpha value is -2.12. The smallest absolute Gasteiger partial charge is 0.254 e. The molecule has 2 aliphatic heterocycles. The van der Waals surface area contributed by atoms with Crippen molar-refractivity contribution in [1.82, 2.24) is 20.0 Å².